The van der Waals surface area contributed by atoms with Crippen molar-refractivity contribution < 1.29 is 4.79 Å². The van der Waals surface area contributed by atoms with Gasteiger partial charge in [0.1, 0.15) is 6.54 Å². The zero-order valence-corrected chi connectivity index (χ0v) is 12.5. The van der Waals surface area contributed by atoms with E-state index in [1.54, 1.807) is 4.57 Å². The molecule has 104 valence electrons. The minimum Gasteiger partial charge on any atom is -0.394 e. The maximum absolute atomic E-state index is 12.0. The first kappa shape index (κ1) is 14.3. The van der Waals surface area contributed by atoms with E-state index in [0.29, 0.717) is 4.47 Å². The van der Waals surface area contributed by atoms with Crippen molar-refractivity contribution in [1.82, 2.24) is 4.57 Å². The number of rotatable bonds is 3. The summed E-state index contributed by atoms with van der Waals surface area (Å²) in [6, 6.07) is 7.52. The summed E-state index contributed by atoms with van der Waals surface area (Å²) in [4.78, 5) is 23.4. The molecule has 2 aromatic rings. The van der Waals surface area contributed by atoms with Gasteiger partial charge in [-0.3, -0.25) is 9.59 Å². The Morgan fingerprint density at radius 1 is 1.35 bits per heavy atom. The van der Waals surface area contributed by atoms with Crippen molar-refractivity contribution in [2.45, 2.75) is 13.5 Å². The predicted molar refractivity (Wildman–Crippen MR) is 82.6 cm³/mol. The summed E-state index contributed by atoms with van der Waals surface area (Å²) in [5.74, 6) is -0.186. The van der Waals surface area contributed by atoms with Gasteiger partial charge in [-0.2, -0.15) is 0 Å². The number of aryl methyl sites for hydroxylation is 1. The third-order valence-electron chi connectivity index (χ3n) is 2.81. The number of nitrogens with zero attached hydrogens (tertiary/aromatic N) is 1. The van der Waals surface area contributed by atoms with E-state index in [4.69, 9.17) is 5.73 Å². The average molecular weight is 336 g/mol. The van der Waals surface area contributed by atoms with Crippen LogP contribution in [0, 0.1) is 6.92 Å². The number of amides is 1. The van der Waals surface area contributed by atoms with Crippen molar-refractivity contribution >= 4 is 33.2 Å². The van der Waals surface area contributed by atoms with E-state index in [9.17, 15) is 9.59 Å². The molecule has 0 radical (unpaired) electrons. The molecule has 0 atom stereocenters. The molecule has 3 N–H and O–H groups in total. The molecule has 0 fully saturated rings. The Labute approximate surface area is 124 Å². The van der Waals surface area contributed by atoms with Gasteiger partial charge in [0.15, 0.2) is 0 Å². The number of hydrogen-bond donors (Lipinski definition) is 2. The van der Waals surface area contributed by atoms with Gasteiger partial charge in [0.25, 0.3) is 0 Å². The Balaban J connectivity index is 2.13. The van der Waals surface area contributed by atoms with Crippen LogP contribution in [0.15, 0.2) is 45.9 Å². The lowest BCUT2D eigenvalue weighted by molar-refractivity contribution is -0.116. The summed E-state index contributed by atoms with van der Waals surface area (Å²) in [6.07, 6.45) is 2.99. The van der Waals surface area contributed by atoms with Crippen LogP contribution in [-0.2, 0) is 11.3 Å². The summed E-state index contributed by atoms with van der Waals surface area (Å²) < 4.78 is 1.90. The molecular weight excluding hydrogens is 322 g/mol. The van der Waals surface area contributed by atoms with Gasteiger partial charge in [-0.1, -0.05) is 18.2 Å². The van der Waals surface area contributed by atoms with Crippen molar-refractivity contribution in [2.75, 3.05) is 11.1 Å². The van der Waals surface area contributed by atoms with Gasteiger partial charge in [-0.15, -0.1) is 0 Å². The van der Waals surface area contributed by atoms with Gasteiger partial charge in [0.2, 0.25) is 11.3 Å². The number of hydrogen-bond acceptors (Lipinski definition) is 3. The van der Waals surface area contributed by atoms with Crippen LogP contribution in [0.4, 0.5) is 11.4 Å². The highest BCUT2D eigenvalue weighted by atomic mass is 79.9. The first-order chi connectivity index (χ1) is 9.47. The molecule has 1 amide bonds. The fraction of sp³-hybridized carbons (Fsp3) is 0.143. The largest absolute Gasteiger partial charge is 0.394 e. The number of benzene rings is 1. The minimum atomic E-state index is -0.277. The monoisotopic (exact) mass is 335 g/mol. The second-order valence-electron chi connectivity index (χ2n) is 4.43. The summed E-state index contributed by atoms with van der Waals surface area (Å²) in [5.41, 5.74) is 7.16. The van der Waals surface area contributed by atoms with E-state index in [-0.39, 0.29) is 23.6 Å². The minimum absolute atomic E-state index is 0.0808. The fourth-order valence-corrected chi connectivity index (χ4v) is 2.27. The molecule has 0 unspecified atom stereocenters. The van der Waals surface area contributed by atoms with Crippen molar-refractivity contribution in [1.29, 1.82) is 0 Å². The molecule has 0 spiro atoms. The van der Waals surface area contributed by atoms with Gasteiger partial charge >= 0.3 is 0 Å². The van der Waals surface area contributed by atoms with Gasteiger partial charge < -0.3 is 15.6 Å². The summed E-state index contributed by atoms with van der Waals surface area (Å²) in [7, 11) is 0. The highest BCUT2D eigenvalue weighted by Gasteiger charge is 2.07. The van der Waals surface area contributed by atoms with E-state index < -0.39 is 0 Å². The Kier molecular flexibility index (Phi) is 4.24. The third-order valence-corrected chi connectivity index (χ3v) is 3.37. The van der Waals surface area contributed by atoms with E-state index in [1.807, 2.05) is 31.2 Å². The maximum Gasteiger partial charge on any atom is 0.244 e. The van der Waals surface area contributed by atoms with Crippen LogP contribution in [0.3, 0.4) is 0 Å². The Morgan fingerprint density at radius 2 is 2.05 bits per heavy atom. The SMILES string of the molecule is Cc1ccccc1NC(=O)Cn1cc(N)c(=O)c(Br)c1. The van der Waals surface area contributed by atoms with Crippen LogP contribution in [0.1, 0.15) is 5.56 Å². The number of pyridine rings is 1. The predicted octanol–water partition coefficient (Wildman–Crippen LogP) is 2.14. The average Bonchev–Trinajstić information content (AvgIpc) is 2.38. The molecular formula is C14H14BrN3O2. The maximum atomic E-state index is 12.0. The molecule has 1 heterocycles. The third kappa shape index (κ3) is 3.27. The van der Waals surface area contributed by atoms with Gasteiger partial charge in [-0.25, -0.2) is 0 Å². The second-order valence-corrected chi connectivity index (χ2v) is 5.28. The number of carbonyl (C=O) groups excluding carboxylic acids is 1. The van der Waals surface area contributed by atoms with Crippen LogP contribution in [0.5, 0.6) is 0 Å². The summed E-state index contributed by atoms with van der Waals surface area (Å²) >= 11 is 3.12. The zero-order chi connectivity index (χ0) is 14.7. The quantitative estimate of drug-likeness (QED) is 0.902. The topological polar surface area (TPSA) is 77.1 Å². The summed E-state index contributed by atoms with van der Waals surface area (Å²) in [6.45, 7) is 2.00. The molecule has 0 aliphatic heterocycles. The standard InChI is InChI=1S/C14H14BrN3O2/c1-9-4-2-3-5-12(9)17-13(19)8-18-6-10(15)14(20)11(16)7-18/h2-7H,8,16H2,1H3,(H,17,19). The molecule has 0 saturated carbocycles. The lowest BCUT2D eigenvalue weighted by Crippen LogP contribution is -2.21. The number of carbonyl (C=O) groups is 1. The molecule has 2 rings (SSSR count). The molecule has 0 bridgehead atoms. The van der Waals surface area contributed by atoms with Crippen LogP contribution in [0.2, 0.25) is 0 Å². The number of nitrogen functional groups attached to an aromatic ring is 1. The summed E-state index contributed by atoms with van der Waals surface area (Å²) in [5, 5.41) is 2.82. The first-order valence-corrected chi connectivity index (χ1v) is 6.77. The molecule has 0 aliphatic carbocycles. The van der Waals surface area contributed by atoms with Gasteiger partial charge in [0, 0.05) is 18.1 Å². The number of halogens is 1. The van der Waals surface area contributed by atoms with Crippen molar-refractivity contribution in [3.63, 3.8) is 0 Å². The number of para-hydroxylation sites is 1. The number of anilines is 2. The highest BCUT2D eigenvalue weighted by molar-refractivity contribution is 9.10. The van der Waals surface area contributed by atoms with Crippen molar-refractivity contribution in [2.24, 2.45) is 0 Å². The van der Waals surface area contributed by atoms with Crippen LogP contribution >= 0.6 is 15.9 Å². The number of nitrogens with two attached hydrogens (primary N) is 1. The zero-order valence-electron chi connectivity index (χ0n) is 10.9. The molecule has 0 aliphatic rings. The second kappa shape index (κ2) is 5.92. The van der Waals surface area contributed by atoms with Crippen LogP contribution in [-0.4, -0.2) is 10.5 Å². The molecule has 0 saturated heterocycles. The Hall–Kier alpha value is -2.08. The normalized spacial score (nSPS) is 10.3. The van der Waals surface area contributed by atoms with Crippen molar-refractivity contribution in [3.05, 3.63) is 56.9 Å². The van der Waals surface area contributed by atoms with E-state index in [1.165, 1.54) is 12.4 Å². The first-order valence-electron chi connectivity index (χ1n) is 5.98. The van der Waals surface area contributed by atoms with Gasteiger partial charge in [0.05, 0.1) is 10.2 Å². The Morgan fingerprint density at radius 3 is 2.70 bits per heavy atom. The smallest absolute Gasteiger partial charge is 0.244 e. The van der Waals surface area contributed by atoms with Crippen LogP contribution in [0.25, 0.3) is 0 Å². The fourth-order valence-electron chi connectivity index (χ4n) is 1.78. The lowest BCUT2D eigenvalue weighted by Gasteiger charge is -2.10. The Bertz CT molecular complexity index is 684. The number of nitrogens with one attached hydrogen (secondary N) is 1. The van der Waals surface area contributed by atoms with Gasteiger partial charge in [-0.05, 0) is 34.5 Å². The highest BCUT2D eigenvalue weighted by Crippen LogP contribution is 2.13. The molecule has 6 heteroatoms. The van der Waals surface area contributed by atoms with E-state index in [0.717, 1.165) is 11.3 Å². The van der Waals surface area contributed by atoms with E-state index in [2.05, 4.69) is 21.2 Å². The van der Waals surface area contributed by atoms with Crippen molar-refractivity contribution in [3.8, 4) is 0 Å². The van der Waals surface area contributed by atoms with Crippen LogP contribution < -0.4 is 16.5 Å². The molecule has 20 heavy (non-hydrogen) atoms. The molecule has 5 nitrogen and oxygen atoms in total. The van der Waals surface area contributed by atoms with E-state index >= 15 is 0 Å². The molecule has 1 aromatic carbocycles. The number of aromatic nitrogens is 1. The lowest BCUT2D eigenvalue weighted by atomic mass is 10.2. The molecule has 1 aromatic heterocycles.